The van der Waals surface area contributed by atoms with Crippen molar-refractivity contribution >= 4 is 0 Å². The van der Waals surface area contributed by atoms with Crippen LogP contribution < -0.4 is 10.6 Å². The highest BCUT2D eigenvalue weighted by molar-refractivity contribution is 4.92. The molecule has 2 aliphatic rings. The van der Waals surface area contributed by atoms with Crippen LogP contribution in [-0.4, -0.2) is 73.2 Å². The molecule has 0 aromatic rings. The van der Waals surface area contributed by atoms with Crippen LogP contribution in [-0.2, 0) is 0 Å². The number of hydrogen-bond donors (Lipinski definition) is 2. The maximum absolute atomic E-state index is 3.70. The van der Waals surface area contributed by atoms with E-state index in [0.29, 0.717) is 6.04 Å². The lowest BCUT2D eigenvalue weighted by Crippen LogP contribution is -2.63. The van der Waals surface area contributed by atoms with Gasteiger partial charge in [-0.05, 0) is 26.7 Å². The number of piperidine rings is 1. The van der Waals surface area contributed by atoms with Crippen molar-refractivity contribution in [2.45, 2.75) is 64.7 Å². The molecule has 2 fully saturated rings. The van der Waals surface area contributed by atoms with Crippen LogP contribution >= 0.6 is 0 Å². The Bertz CT molecular complexity index is 266. The molecule has 2 heterocycles. The first kappa shape index (κ1) is 16.2. The summed E-state index contributed by atoms with van der Waals surface area (Å²) < 4.78 is 0. The van der Waals surface area contributed by atoms with Crippen LogP contribution in [0.15, 0.2) is 0 Å². The van der Waals surface area contributed by atoms with Crippen LogP contribution in [0.1, 0.15) is 40.5 Å². The third-order valence-corrected chi connectivity index (χ3v) is 4.78. The van der Waals surface area contributed by atoms with Crippen molar-refractivity contribution < 1.29 is 0 Å². The van der Waals surface area contributed by atoms with E-state index < -0.39 is 0 Å². The van der Waals surface area contributed by atoms with Gasteiger partial charge in [0.15, 0.2) is 0 Å². The van der Waals surface area contributed by atoms with E-state index in [9.17, 15) is 0 Å². The van der Waals surface area contributed by atoms with Gasteiger partial charge in [-0.2, -0.15) is 0 Å². The van der Waals surface area contributed by atoms with Gasteiger partial charge in [-0.1, -0.05) is 13.8 Å². The summed E-state index contributed by atoms with van der Waals surface area (Å²) in [6.07, 6.45) is 2.64. The van der Waals surface area contributed by atoms with Crippen molar-refractivity contribution in [1.29, 1.82) is 0 Å². The largest absolute Gasteiger partial charge is 0.313 e. The maximum atomic E-state index is 3.70. The quantitative estimate of drug-likeness (QED) is 0.685. The lowest BCUT2D eigenvalue weighted by molar-refractivity contribution is 0.00130. The first-order valence-electron chi connectivity index (χ1n) is 8.51. The van der Waals surface area contributed by atoms with Gasteiger partial charge in [0.2, 0.25) is 0 Å². The zero-order chi connectivity index (χ0) is 14.5. The lowest BCUT2D eigenvalue weighted by atomic mass is 9.98. The van der Waals surface area contributed by atoms with Crippen molar-refractivity contribution in [2.24, 2.45) is 0 Å². The molecule has 0 aliphatic carbocycles. The fraction of sp³-hybridized carbons (Fsp3) is 1.00. The van der Waals surface area contributed by atoms with E-state index in [2.05, 4.69) is 48.1 Å². The second-order valence-electron chi connectivity index (χ2n) is 7.07. The molecule has 4 heteroatoms. The molecule has 0 bridgehead atoms. The van der Waals surface area contributed by atoms with Crippen LogP contribution in [0.3, 0.4) is 0 Å². The first-order valence-corrected chi connectivity index (χ1v) is 8.51. The third-order valence-electron chi connectivity index (χ3n) is 4.78. The Hall–Kier alpha value is -0.160. The van der Waals surface area contributed by atoms with E-state index in [-0.39, 0.29) is 0 Å². The van der Waals surface area contributed by atoms with E-state index in [1.807, 2.05) is 0 Å². The average molecular weight is 282 g/mol. The minimum atomic E-state index is 0.598. The molecule has 0 aromatic carbocycles. The van der Waals surface area contributed by atoms with Gasteiger partial charge in [0.1, 0.15) is 0 Å². The molecule has 2 aliphatic heterocycles. The summed E-state index contributed by atoms with van der Waals surface area (Å²) >= 11 is 0. The van der Waals surface area contributed by atoms with E-state index in [0.717, 1.165) is 31.2 Å². The summed E-state index contributed by atoms with van der Waals surface area (Å²) in [5.74, 6) is 0. The Labute approximate surface area is 125 Å². The normalized spacial score (nSPS) is 23.7. The van der Waals surface area contributed by atoms with Gasteiger partial charge in [-0.15, -0.1) is 0 Å². The summed E-state index contributed by atoms with van der Waals surface area (Å²) in [7, 11) is 0. The molecule has 0 atom stereocenters. The summed E-state index contributed by atoms with van der Waals surface area (Å²) in [5, 5.41) is 7.17. The zero-order valence-electron chi connectivity index (χ0n) is 13.9. The minimum absolute atomic E-state index is 0.598. The first-order chi connectivity index (χ1) is 9.56. The number of rotatable bonds is 7. The molecule has 118 valence electrons. The van der Waals surface area contributed by atoms with Crippen molar-refractivity contribution in [3.05, 3.63) is 0 Å². The molecule has 2 rings (SSSR count). The Morgan fingerprint density at radius 1 is 1.00 bits per heavy atom. The van der Waals surface area contributed by atoms with Crippen molar-refractivity contribution in [1.82, 2.24) is 20.4 Å². The van der Waals surface area contributed by atoms with Gasteiger partial charge in [0.05, 0.1) is 0 Å². The summed E-state index contributed by atoms with van der Waals surface area (Å²) in [5.41, 5.74) is 0. The summed E-state index contributed by atoms with van der Waals surface area (Å²) in [6.45, 7) is 16.3. The molecule has 0 aromatic heterocycles. The Morgan fingerprint density at radius 3 is 2.20 bits per heavy atom. The van der Waals surface area contributed by atoms with Crippen LogP contribution in [0.4, 0.5) is 0 Å². The molecule has 4 nitrogen and oxygen atoms in total. The molecule has 2 saturated heterocycles. The van der Waals surface area contributed by atoms with Crippen molar-refractivity contribution in [2.75, 3.05) is 39.3 Å². The van der Waals surface area contributed by atoms with Gasteiger partial charge in [-0.25, -0.2) is 0 Å². The number of likely N-dealkylation sites (tertiary alicyclic amines) is 2. The van der Waals surface area contributed by atoms with Gasteiger partial charge in [-0.3, -0.25) is 9.80 Å². The Morgan fingerprint density at radius 2 is 1.65 bits per heavy atom. The highest BCUT2D eigenvalue weighted by atomic mass is 15.3. The highest BCUT2D eigenvalue weighted by Gasteiger charge is 2.34. The molecular formula is C16H34N4. The van der Waals surface area contributed by atoms with Gasteiger partial charge in [0.25, 0.3) is 0 Å². The van der Waals surface area contributed by atoms with E-state index in [4.69, 9.17) is 0 Å². The minimum Gasteiger partial charge on any atom is -0.313 e. The van der Waals surface area contributed by atoms with Crippen LogP contribution in [0.25, 0.3) is 0 Å². The third kappa shape index (κ3) is 4.69. The smallest absolute Gasteiger partial charge is 0.0350 e. The number of hydrogen-bond acceptors (Lipinski definition) is 4. The van der Waals surface area contributed by atoms with Gasteiger partial charge < -0.3 is 10.6 Å². The van der Waals surface area contributed by atoms with Crippen LogP contribution in [0.2, 0.25) is 0 Å². The maximum Gasteiger partial charge on any atom is 0.0350 e. The lowest BCUT2D eigenvalue weighted by Gasteiger charge is -2.49. The van der Waals surface area contributed by atoms with Gasteiger partial charge in [0, 0.05) is 63.4 Å². The van der Waals surface area contributed by atoms with E-state index >= 15 is 0 Å². The van der Waals surface area contributed by atoms with Crippen LogP contribution in [0.5, 0.6) is 0 Å². The monoisotopic (exact) mass is 282 g/mol. The Kier molecular flexibility index (Phi) is 6.27. The topological polar surface area (TPSA) is 30.5 Å². The fourth-order valence-electron chi connectivity index (χ4n) is 3.25. The van der Waals surface area contributed by atoms with E-state index in [1.165, 1.54) is 39.0 Å². The van der Waals surface area contributed by atoms with Crippen molar-refractivity contribution in [3.8, 4) is 0 Å². The zero-order valence-corrected chi connectivity index (χ0v) is 13.9. The number of nitrogens with zero attached hydrogens (tertiary/aromatic N) is 2. The molecular weight excluding hydrogens is 248 g/mol. The van der Waals surface area contributed by atoms with Crippen molar-refractivity contribution in [3.63, 3.8) is 0 Å². The summed E-state index contributed by atoms with van der Waals surface area (Å²) in [6, 6.07) is 2.89. The standard InChI is InChI=1S/C16H34N4/c1-13(2)17-7-8-18-15-5-9-19(10-6-15)16-11-20(12-16)14(3)4/h13-18H,5-12H2,1-4H3. The van der Waals surface area contributed by atoms with Gasteiger partial charge >= 0.3 is 0 Å². The average Bonchev–Trinajstić information content (AvgIpc) is 2.34. The molecule has 0 saturated carbocycles. The molecule has 0 amide bonds. The second kappa shape index (κ2) is 7.74. The predicted octanol–water partition coefficient (Wildman–Crippen LogP) is 1.13. The Balaban J connectivity index is 1.54. The molecule has 20 heavy (non-hydrogen) atoms. The summed E-state index contributed by atoms with van der Waals surface area (Å²) in [4.78, 5) is 5.29. The fourth-order valence-corrected chi connectivity index (χ4v) is 3.25. The molecule has 0 spiro atoms. The van der Waals surface area contributed by atoms with Crippen LogP contribution in [0, 0.1) is 0 Å². The van der Waals surface area contributed by atoms with E-state index in [1.54, 1.807) is 0 Å². The predicted molar refractivity (Wildman–Crippen MR) is 86.2 cm³/mol. The SMILES string of the molecule is CC(C)NCCNC1CCN(C2CN(C(C)C)C2)CC1. The number of nitrogens with one attached hydrogen (secondary N) is 2. The molecule has 2 N–H and O–H groups in total. The highest BCUT2D eigenvalue weighted by Crippen LogP contribution is 2.21. The molecule has 0 unspecified atom stereocenters. The second-order valence-corrected chi connectivity index (χ2v) is 7.07. The molecule has 0 radical (unpaired) electrons.